The Morgan fingerprint density at radius 3 is 2.47 bits per heavy atom. The van der Waals surface area contributed by atoms with Gasteiger partial charge in [0.2, 0.25) is 0 Å². The van der Waals surface area contributed by atoms with Crippen molar-refractivity contribution >= 4 is 23.4 Å². The van der Waals surface area contributed by atoms with Crippen LogP contribution in [0.4, 0.5) is 11.5 Å². The summed E-state index contributed by atoms with van der Waals surface area (Å²) in [5.41, 5.74) is 2.62. The Morgan fingerprint density at radius 2 is 1.81 bits per heavy atom. The van der Waals surface area contributed by atoms with Crippen molar-refractivity contribution in [1.82, 2.24) is 9.78 Å². The Balaban J connectivity index is 1.68. The Labute approximate surface area is 184 Å². The van der Waals surface area contributed by atoms with E-state index in [-0.39, 0.29) is 11.3 Å². The lowest BCUT2D eigenvalue weighted by Gasteiger charge is -2.24. The summed E-state index contributed by atoms with van der Waals surface area (Å²) in [5.74, 6) is -0.266. The lowest BCUT2D eigenvalue weighted by atomic mass is 10.0. The topological polar surface area (TPSA) is 115 Å². The third-order valence-corrected chi connectivity index (χ3v) is 5.17. The highest BCUT2D eigenvalue weighted by atomic mass is 16.5. The number of carbonyl (C=O) groups is 2. The Bertz CT molecular complexity index is 1210. The first kappa shape index (κ1) is 21.0. The fourth-order valence-electron chi connectivity index (χ4n) is 3.50. The molecule has 0 aliphatic carbocycles. The molecule has 1 atom stereocenters. The van der Waals surface area contributed by atoms with E-state index in [9.17, 15) is 14.7 Å². The van der Waals surface area contributed by atoms with E-state index in [0.717, 1.165) is 11.1 Å². The van der Waals surface area contributed by atoms with Crippen LogP contribution in [0.25, 0.3) is 0 Å². The van der Waals surface area contributed by atoms with E-state index in [0.29, 0.717) is 23.0 Å². The van der Waals surface area contributed by atoms with Gasteiger partial charge in [0.15, 0.2) is 11.5 Å². The van der Waals surface area contributed by atoms with Gasteiger partial charge in [-0.1, -0.05) is 29.8 Å². The molecule has 9 nitrogen and oxygen atoms in total. The van der Waals surface area contributed by atoms with Crippen LogP contribution in [-0.4, -0.2) is 41.0 Å². The Kier molecular flexibility index (Phi) is 5.55. The van der Waals surface area contributed by atoms with Gasteiger partial charge in [0.1, 0.15) is 17.1 Å². The van der Waals surface area contributed by atoms with Gasteiger partial charge in [-0.25, -0.2) is 9.48 Å². The van der Waals surface area contributed by atoms with Crippen LogP contribution < -0.4 is 20.1 Å². The Hall–Kier alpha value is -4.27. The minimum absolute atomic E-state index is 0.0243. The molecule has 3 N–H and O–H groups in total. The summed E-state index contributed by atoms with van der Waals surface area (Å²) >= 11 is 0. The number of allylic oxidation sites excluding steroid dienone is 1. The first-order valence-electron chi connectivity index (χ1n) is 9.81. The number of carboxylic acids is 1. The van der Waals surface area contributed by atoms with E-state index in [2.05, 4.69) is 15.7 Å². The zero-order chi connectivity index (χ0) is 22.8. The number of ether oxygens (including phenoxy) is 2. The van der Waals surface area contributed by atoms with Crippen molar-refractivity contribution in [3.8, 4) is 11.5 Å². The standard InChI is InChI=1S/C23H22N4O5/c1-13-4-6-14(7-5-13)18-11-17(23(29)30)26-21-16(12-24-27(18)21)22(28)25-15-8-9-19(31-2)20(10-15)32-3/h4-12,18,26H,1-3H3,(H,25,28)(H,29,30). The molecular formula is C23H22N4O5. The quantitative estimate of drug-likeness (QED) is 0.544. The third-order valence-electron chi connectivity index (χ3n) is 5.17. The number of hydrogen-bond donors (Lipinski definition) is 3. The smallest absolute Gasteiger partial charge is 0.352 e. The largest absolute Gasteiger partial charge is 0.493 e. The molecule has 164 valence electrons. The average molecular weight is 434 g/mol. The van der Waals surface area contributed by atoms with Crippen LogP contribution in [0.5, 0.6) is 11.5 Å². The van der Waals surface area contributed by atoms with Gasteiger partial charge in [0, 0.05) is 11.8 Å². The van der Waals surface area contributed by atoms with Crippen molar-refractivity contribution in [1.29, 1.82) is 0 Å². The first-order chi connectivity index (χ1) is 15.4. The van der Waals surface area contributed by atoms with Crippen molar-refractivity contribution in [2.75, 3.05) is 24.9 Å². The molecule has 0 spiro atoms. The summed E-state index contributed by atoms with van der Waals surface area (Å²) in [6.45, 7) is 1.97. The molecule has 1 unspecified atom stereocenters. The Morgan fingerprint density at radius 1 is 1.09 bits per heavy atom. The number of hydrogen-bond acceptors (Lipinski definition) is 6. The molecule has 9 heteroatoms. The number of nitrogens with zero attached hydrogens (tertiary/aromatic N) is 2. The zero-order valence-electron chi connectivity index (χ0n) is 17.7. The van der Waals surface area contributed by atoms with E-state index in [4.69, 9.17) is 9.47 Å². The molecule has 0 radical (unpaired) electrons. The van der Waals surface area contributed by atoms with Crippen molar-refractivity contribution in [3.05, 3.63) is 77.1 Å². The SMILES string of the molecule is COc1ccc(NC(=O)c2cnn3c2NC(C(=O)O)=CC3c2ccc(C)cc2)cc1OC. The number of benzene rings is 2. The maximum Gasteiger partial charge on any atom is 0.352 e. The fraction of sp³-hybridized carbons (Fsp3) is 0.174. The molecule has 1 amide bonds. The lowest BCUT2D eigenvalue weighted by Crippen LogP contribution is -2.25. The van der Waals surface area contributed by atoms with Crippen molar-refractivity contribution in [2.45, 2.75) is 13.0 Å². The molecule has 4 rings (SSSR count). The summed E-state index contributed by atoms with van der Waals surface area (Å²) in [4.78, 5) is 24.8. The second-order valence-electron chi connectivity index (χ2n) is 7.24. The minimum atomic E-state index is -1.12. The maximum absolute atomic E-state index is 13.0. The predicted octanol–water partition coefficient (Wildman–Crippen LogP) is 3.44. The number of carboxylic acid groups (broad SMARTS) is 1. The van der Waals surface area contributed by atoms with Gasteiger partial charge in [0.25, 0.3) is 5.91 Å². The number of methoxy groups -OCH3 is 2. The highest BCUT2D eigenvalue weighted by Gasteiger charge is 2.29. The van der Waals surface area contributed by atoms with Gasteiger partial charge in [0.05, 0.1) is 26.5 Å². The highest BCUT2D eigenvalue weighted by molar-refractivity contribution is 6.08. The van der Waals surface area contributed by atoms with Gasteiger partial charge < -0.3 is 25.2 Å². The number of aryl methyl sites for hydroxylation is 1. The minimum Gasteiger partial charge on any atom is -0.493 e. The molecule has 2 heterocycles. The van der Waals surface area contributed by atoms with Gasteiger partial charge in [-0.15, -0.1) is 0 Å². The summed E-state index contributed by atoms with van der Waals surface area (Å²) in [6, 6.07) is 12.2. The van der Waals surface area contributed by atoms with E-state index in [1.54, 1.807) is 29.0 Å². The molecular weight excluding hydrogens is 412 g/mol. The number of fused-ring (bicyclic) bond motifs is 1. The molecule has 3 aromatic rings. The molecule has 0 bridgehead atoms. The van der Waals surface area contributed by atoms with Gasteiger partial charge in [-0.05, 0) is 30.7 Å². The van der Waals surface area contributed by atoms with Crippen LogP contribution in [0, 0.1) is 6.92 Å². The molecule has 0 fully saturated rings. The van der Waals surface area contributed by atoms with E-state index >= 15 is 0 Å². The van der Waals surface area contributed by atoms with Crippen molar-refractivity contribution < 1.29 is 24.2 Å². The average Bonchev–Trinajstić information content (AvgIpc) is 3.23. The number of anilines is 2. The second kappa shape index (κ2) is 8.46. The molecule has 1 aromatic heterocycles. The fourth-order valence-corrected chi connectivity index (χ4v) is 3.50. The summed E-state index contributed by atoms with van der Waals surface area (Å²) in [5, 5.41) is 19.6. The monoisotopic (exact) mass is 434 g/mol. The predicted molar refractivity (Wildman–Crippen MR) is 118 cm³/mol. The van der Waals surface area contributed by atoms with E-state index in [1.165, 1.54) is 20.4 Å². The van der Waals surface area contributed by atoms with Crippen LogP contribution in [0.3, 0.4) is 0 Å². The van der Waals surface area contributed by atoms with E-state index < -0.39 is 17.9 Å². The van der Waals surface area contributed by atoms with Gasteiger partial charge in [-0.2, -0.15) is 5.10 Å². The molecule has 32 heavy (non-hydrogen) atoms. The normalized spacial score (nSPS) is 14.6. The van der Waals surface area contributed by atoms with Crippen LogP contribution in [0.1, 0.15) is 27.5 Å². The van der Waals surface area contributed by atoms with Crippen LogP contribution >= 0.6 is 0 Å². The number of amides is 1. The van der Waals surface area contributed by atoms with E-state index in [1.807, 2.05) is 31.2 Å². The number of aliphatic carboxylic acids is 1. The number of nitrogens with one attached hydrogen (secondary N) is 2. The maximum atomic E-state index is 13.0. The van der Waals surface area contributed by atoms with Crippen molar-refractivity contribution in [2.24, 2.45) is 0 Å². The van der Waals surface area contributed by atoms with Crippen LogP contribution in [0.15, 0.2) is 60.4 Å². The number of rotatable bonds is 6. The van der Waals surface area contributed by atoms with Crippen molar-refractivity contribution in [3.63, 3.8) is 0 Å². The summed E-state index contributed by atoms with van der Waals surface area (Å²) in [7, 11) is 3.03. The van der Waals surface area contributed by atoms with Gasteiger partial charge >= 0.3 is 5.97 Å². The molecule has 2 aromatic carbocycles. The van der Waals surface area contributed by atoms with Crippen LogP contribution in [0.2, 0.25) is 0 Å². The summed E-state index contributed by atoms with van der Waals surface area (Å²) in [6.07, 6.45) is 2.99. The molecule has 1 aliphatic heterocycles. The highest BCUT2D eigenvalue weighted by Crippen LogP contribution is 2.33. The summed E-state index contributed by atoms with van der Waals surface area (Å²) < 4.78 is 12.1. The molecule has 0 saturated heterocycles. The molecule has 1 aliphatic rings. The molecule has 0 saturated carbocycles. The zero-order valence-corrected chi connectivity index (χ0v) is 17.7. The lowest BCUT2D eigenvalue weighted by molar-refractivity contribution is -0.132. The van der Waals surface area contributed by atoms with Gasteiger partial charge in [-0.3, -0.25) is 4.79 Å². The first-order valence-corrected chi connectivity index (χ1v) is 9.81. The third kappa shape index (κ3) is 3.87. The second-order valence-corrected chi connectivity index (χ2v) is 7.24. The van der Waals surface area contributed by atoms with Crippen LogP contribution in [-0.2, 0) is 4.79 Å². The number of aromatic nitrogens is 2. The number of carbonyl (C=O) groups excluding carboxylic acids is 1.